The number of fused-ring (bicyclic) bond motifs is 1. The molecule has 2 fully saturated rings. The van der Waals surface area contributed by atoms with Gasteiger partial charge < -0.3 is 15.0 Å². The van der Waals surface area contributed by atoms with E-state index in [0.717, 1.165) is 29.0 Å². The number of anilines is 2. The molecule has 190 valence electrons. The molecule has 0 spiro atoms. The molecule has 5 aromatic rings. The summed E-state index contributed by atoms with van der Waals surface area (Å²) in [5, 5.41) is 14.8. The predicted octanol–water partition coefficient (Wildman–Crippen LogP) is 4.59. The van der Waals surface area contributed by atoms with E-state index in [4.69, 9.17) is 16.6 Å². The van der Waals surface area contributed by atoms with Crippen LogP contribution in [0.25, 0.3) is 11.3 Å². The van der Waals surface area contributed by atoms with Crippen molar-refractivity contribution < 1.29 is 4.79 Å². The molecule has 2 aliphatic carbocycles. The minimum absolute atomic E-state index is 0.0482. The highest BCUT2D eigenvalue weighted by Crippen LogP contribution is 2.48. The van der Waals surface area contributed by atoms with Crippen LogP contribution in [-0.4, -0.2) is 40.0 Å². The van der Waals surface area contributed by atoms with Crippen molar-refractivity contribution in [1.29, 1.82) is 0 Å². The van der Waals surface area contributed by atoms with Gasteiger partial charge in [0.15, 0.2) is 5.65 Å². The topological polar surface area (TPSA) is 115 Å². The molecular weight excluding hydrogens is 502 g/mol. The van der Waals surface area contributed by atoms with E-state index in [9.17, 15) is 4.79 Å². The van der Waals surface area contributed by atoms with Gasteiger partial charge in [0.2, 0.25) is 5.91 Å². The second-order valence-electron chi connectivity index (χ2n) is 9.90. The van der Waals surface area contributed by atoms with Crippen LogP contribution < -0.4 is 10.6 Å². The molecule has 1 amide bonds. The van der Waals surface area contributed by atoms with Crippen molar-refractivity contribution in [1.82, 2.24) is 34.1 Å². The van der Waals surface area contributed by atoms with Gasteiger partial charge >= 0.3 is 0 Å². The fraction of sp³-hybridized carbons (Fsp3) is 0.259. The van der Waals surface area contributed by atoms with E-state index in [0.29, 0.717) is 29.1 Å². The zero-order valence-electron chi connectivity index (χ0n) is 20.3. The number of pyridine rings is 1. The highest BCUT2D eigenvalue weighted by Gasteiger charge is 2.44. The SMILES string of the molecule is O=C(Nc1cc(NCc2cn3cc(C4CC4)cc(-n4cnnc4)c3n2)ncn1)C1CC1c1cccc(Cl)c1. The molecule has 38 heavy (non-hydrogen) atoms. The summed E-state index contributed by atoms with van der Waals surface area (Å²) >= 11 is 6.10. The number of carbonyl (C=O) groups excluding carboxylic acids is 1. The van der Waals surface area contributed by atoms with Crippen LogP contribution in [0.1, 0.15) is 47.9 Å². The maximum Gasteiger partial charge on any atom is 0.229 e. The molecule has 2 aliphatic rings. The number of amides is 1. The largest absolute Gasteiger partial charge is 0.364 e. The van der Waals surface area contributed by atoms with Gasteiger partial charge in [0, 0.05) is 29.4 Å². The minimum atomic E-state index is -0.0850. The Hall–Kier alpha value is -4.31. The molecule has 1 aromatic carbocycles. The van der Waals surface area contributed by atoms with E-state index >= 15 is 0 Å². The third-order valence-corrected chi connectivity index (χ3v) is 7.36. The Balaban J connectivity index is 1.04. The summed E-state index contributed by atoms with van der Waals surface area (Å²) in [5.74, 6) is 1.72. The Morgan fingerprint density at radius 1 is 1.03 bits per heavy atom. The number of benzene rings is 1. The lowest BCUT2D eigenvalue weighted by atomic mass is 10.1. The van der Waals surface area contributed by atoms with E-state index in [1.165, 1.54) is 24.7 Å². The smallest absolute Gasteiger partial charge is 0.229 e. The van der Waals surface area contributed by atoms with Gasteiger partial charge in [0.1, 0.15) is 30.6 Å². The first-order valence-corrected chi connectivity index (χ1v) is 13.0. The second-order valence-corrected chi connectivity index (χ2v) is 10.3. The molecule has 2 unspecified atom stereocenters. The number of hydrogen-bond acceptors (Lipinski definition) is 7. The predicted molar refractivity (Wildman–Crippen MR) is 142 cm³/mol. The highest BCUT2D eigenvalue weighted by atomic mass is 35.5. The van der Waals surface area contributed by atoms with Crippen molar-refractivity contribution in [2.75, 3.05) is 10.6 Å². The number of imidazole rings is 1. The van der Waals surface area contributed by atoms with Crippen LogP contribution in [0.4, 0.5) is 11.6 Å². The van der Waals surface area contributed by atoms with Crippen molar-refractivity contribution in [2.45, 2.75) is 37.6 Å². The maximum absolute atomic E-state index is 12.8. The van der Waals surface area contributed by atoms with Gasteiger partial charge in [-0.3, -0.25) is 9.36 Å². The first-order valence-electron chi connectivity index (χ1n) is 12.6. The second kappa shape index (κ2) is 9.21. The molecule has 0 radical (unpaired) electrons. The van der Waals surface area contributed by atoms with E-state index < -0.39 is 0 Å². The average Bonchev–Trinajstić information content (AvgIpc) is 3.83. The van der Waals surface area contributed by atoms with Crippen LogP contribution >= 0.6 is 11.6 Å². The number of rotatable bonds is 8. The van der Waals surface area contributed by atoms with Gasteiger partial charge in [0.25, 0.3) is 0 Å². The van der Waals surface area contributed by atoms with Gasteiger partial charge in [0.05, 0.1) is 17.9 Å². The first-order chi connectivity index (χ1) is 18.6. The Labute approximate surface area is 223 Å². The lowest BCUT2D eigenvalue weighted by Gasteiger charge is -2.07. The standard InChI is InChI=1S/C27H24ClN9O/c28-19-3-1-2-17(6-19)21-8-22(21)27(38)35-25-9-24(30-13-31-25)29-10-20-12-36-11-18(16-4-5-16)7-23(26(36)34-20)37-14-32-33-15-37/h1-3,6-7,9,11-16,21-22H,4-5,8,10H2,(H2,29,30,31,35,38). The van der Waals surface area contributed by atoms with E-state index in [1.54, 1.807) is 18.7 Å². The Morgan fingerprint density at radius 3 is 2.68 bits per heavy atom. The Kier molecular flexibility index (Phi) is 5.54. The van der Waals surface area contributed by atoms with Crippen LogP contribution in [0.15, 0.2) is 67.8 Å². The zero-order chi connectivity index (χ0) is 25.6. The molecule has 11 heteroatoms. The van der Waals surface area contributed by atoms with Gasteiger partial charge in [-0.25, -0.2) is 15.0 Å². The van der Waals surface area contributed by atoms with Crippen LogP contribution in [0, 0.1) is 5.92 Å². The van der Waals surface area contributed by atoms with E-state index in [2.05, 4.69) is 47.5 Å². The summed E-state index contributed by atoms with van der Waals surface area (Å²) < 4.78 is 3.96. The number of nitrogens with zero attached hydrogens (tertiary/aromatic N) is 7. The molecule has 4 aromatic heterocycles. The number of halogens is 1. The normalized spacial score (nSPS) is 18.4. The molecule has 2 N–H and O–H groups in total. The summed E-state index contributed by atoms with van der Waals surface area (Å²) in [6.07, 6.45) is 12.2. The van der Waals surface area contributed by atoms with Crippen molar-refractivity contribution in [3.8, 4) is 5.69 Å². The highest BCUT2D eigenvalue weighted by molar-refractivity contribution is 6.30. The number of nitrogens with one attached hydrogen (secondary N) is 2. The molecule has 7 rings (SSSR count). The molecule has 2 saturated carbocycles. The summed E-state index contributed by atoms with van der Waals surface area (Å²) in [5.41, 5.74) is 5.03. The third-order valence-electron chi connectivity index (χ3n) is 7.12. The molecule has 2 atom stereocenters. The molecule has 0 saturated heterocycles. The summed E-state index contributed by atoms with van der Waals surface area (Å²) in [6.45, 7) is 0.464. The fourth-order valence-corrected chi connectivity index (χ4v) is 5.10. The van der Waals surface area contributed by atoms with Gasteiger partial charge in [-0.1, -0.05) is 23.7 Å². The Morgan fingerprint density at radius 2 is 1.87 bits per heavy atom. The average molecular weight is 526 g/mol. The first kappa shape index (κ1) is 22.9. The molecular formula is C27H24ClN9O. The number of carbonyl (C=O) groups is 1. The fourth-order valence-electron chi connectivity index (χ4n) is 4.91. The molecule has 0 aliphatic heterocycles. The van der Waals surface area contributed by atoms with Gasteiger partial charge in [-0.05, 0) is 60.4 Å². The molecule has 0 bridgehead atoms. The monoisotopic (exact) mass is 525 g/mol. The number of aromatic nitrogens is 7. The maximum atomic E-state index is 12.8. The third kappa shape index (κ3) is 4.58. The molecule has 4 heterocycles. The van der Waals surface area contributed by atoms with Crippen molar-refractivity contribution in [3.05, 3.63) is 89.6 Å². The summed E-state index contributed by atoms with van der Waals surface area (Å²) in [4.78, 5) is 26.2. The van der Waals surface area contributed by atoms with E-state index in [-0.39, 0.29) is 17.7 Å². The lowest BCUT2D eigenvalue weighted by Crippen LogP contribution is -2.16. The van der Waals surface area contributed by atoms with Crippen molar-refractivity contribution >= 4 is 34.8 Å². The quantitative estimate of drug-likeness (QED) is 0.304. The zero-order valence-corrected chi connectivity index (χ0v) is 21.1. The lowest BCUT2D eigenvalue weighted by molar-refractivity contribution is -0.117. The molecule has 10 nitrogen and oxygen atoms in total. The van der Waals surface area contributed by atoms with Crippen LogP contribution in [0.3, 0.4) is 0 Å². The Bertz CT molecular complexity index is 1640. The number of hydrogen-bond donors (Lipinski definition) is 2. The van der Waals surface area contributed by atoms with Gasteiger partial charge in [-0.15, -0.1) is 10.2 Å². The van der Waals surface area contributed by atoms with Crippen LogP contribution in [0.5, 0.6) is 0 Å². The minimum Gasteiger partial charge on any atom is -0.364 e. The van der Waals surface area contributed by atoms with Gasteiger partial charge in [-0.2, -0.15) is 0 Å². The summed E-state index contributed by atoms with van der Waals surface area (Å²) in [6, 6.07) is 11.6. The van der Waals surface area contributed by atoms with E-state index in [1.807, 2.05) is 35.0 Å². The van der Waals surface area contributed by atoms with Crippen molar-refractivity contribution in [3.63, 3.8) is 0 Å². The van der Waals surface area contributed by atoms with Crippen molar-refractivity contribution in [2.24, 2.45) is 5.92 Å². The summed E-state index contributed by atoms with van der Waals surface area (Å²) in [7, 11) is 0. The van der Waals surface area contributed by atoms with Crippen LogP contribution in [-0.2, 0) is 11.3 Å². The van der Waals surface area contributed by atoms with Crippen LogP contribution in [0.2, 0.25) is 5.02 Å².